The SMILES string of the molecule is Cc1nc(N)c2[nH]c(=O)n(Cc3ccc(Oc4ccc(CN5CCC5)cc4)c(F)c3)c2n1. The summed E-state index contributed by atoms with van der Waals surface area (Å²) in [6, 6.07) is 12.3. The summed E-state index contributed by atoms with van der Waals surface area (Å²) < 4.78 is 21.9. The number of nitrogens with zero attached hydrogens (tertiary/aromatic N) is 4. The van der Waals surface area contributed by atoms with E-state index in [-0.39, 0.29) is 23.8 Å². The molecule has 0 atom stereocenters. The first-order valence-corrected chi connectivity index (χ1v) is 10.5. The molecule has 1 saturated heterocycles. The largest absolute Gasteiger partial charge is 0.454 e. The molecule has 9 heteroatoms. The monoisotopic (exact) mass is 434 g/mol. The second-order valence-corrected chi connectivity index (χ2v) is 8.01. The first-order chi connectivity index (χ1) is 15.5. The molecule has 3 heterocycles. The number of rotatable bonds is 6. The van der Waals surface area contributed by atoms with Crippen LogP contribution >= 0.6 is 0 Å². The third kappa shape index (κ3) is 3.94. The number of ether oxygens (including phenoxy) is 1. The first-order valence-electron chi connectivity index (χ1n) is 10.5. The van der Waals surface area contributed by atoms with Crippen LogP contribution < -0.4 is 16.2 Å². The molecule has 0 radical (unpaired) electrons. The molecule has 0 aliphatic carbocycles. The average molecular weight is 434 g/mol. The molecule has 1 aliphatic rings. The molecule has 5 rings (SSSR count). The van der Waals surface area contributed by atoms with Crippen molar-refractivity contribution in [2.45, 2.75) is 26.4 Å². The molecule has 3 N–H and O–H groups in total. The van der Waals surface area contributed by atoms with Gasteiger partial charge >= 0.3 is 5.69 Å². The summed E-state index contributed by atoms with van der Waals surface area (Å²) in [5.74, 6) is 0.838. The molecule has 164 valence electrons. The van der Waals surface area contributed by atoms with E-state index in [1.807, 2.05) is 24.3 Å². The molecule has 8 nitrogen and oxygen atoms in total. The highest BCUT2D eigenvalue weighted by Gasteiger charge is 2.15. The number of nitrogen functional groups attached to an aromatic ring is 1. The molecular formula is C23H23FN6O2. The number of halogens is 1. The third-order valence-electron chi connectivity index (χ3n) is 5.61. The van der Waals surface area contributed by atoms with E-state index in [0.29, 0.717) is 28.3 Å². The fourth-order valence-electron chi connectivity index (χ4n) is 3.81. The molecule has 0 saturated carbocycles. The van der Waals surface area contributed by atoms with E-state index in [0.717, 1.165) is 19.6 Å². The number of likely N-dealkylation sites (tertiary alicyclic amines) is 1. The van der Waals surface area contributed by atoms with Crippen molar-refractivity contribution in [2.75, 3.05) is 18.8 Å². The Labute approximate surface area is 183 Å². The highest BCUT2D eigenvalue weighted by atomic mass is 19.1. The molecule has 2 aromatic heterocycles. The molecule has 0 bridgehead atoms. The average Bonchev–Trinajstić information content (AvgIpc) is 3.04. The van der Waals surface area contributed by atoms with Crippen LogP contribution in [-0.4, -0.2) is 37.5 Å². The van der Waals surface area contributed by atoms with Crippen molar-refractivity contribution < 1.29 is 9.13 Å². The maximum atomic E-state index is 14.7. The lowest BCUT2D eigenvalue weighted by atomic mass is 10.1. The number of H-pyrrole nitrogens is 1. The lowest BCUT2D eigenvalue weighted by Gasteiger charge is -2.30. The molecule has 0 unspecified atom stereocenters. The minimum Gasteiger partial charge on any atom is -0.454 e. The standard InChI is InChI=1S/C23H23FN6O2/c1-14-26-21(25)20-22(27-14)30(23(31)28-20)13-16-5-8-19(18(24)11-16)32-17-6-3-15(4-7-17)12-29-9-2-10-29/h3-8,11H,2,9-10,12-13H2,1H3,(H,28,31)(H2,25,26,27). The zero-order valence-corrected chi connectivity index (χ0v) is 17.6. The molecule has 0 spiro atoms. The van der Waals surface area contributed by atoms with Gasteiger partial charge in [0.2, 0.25) is 0 Å². The smallest absolute Gasteiger partial charge is 0.328 e. The number of nitrogens with two attached hydrogens (primary N) is 1. The third-order valence-corrected chi connectivity index (χ3v) is 5.61. The van der Waals surface area contributed by atoms with Crippen molar-refractivity contribution in [3.63, 3.8) is 0 Å². The van der Waals surface area contributed by atoms with Gasteiger partial charge in [0, 0.05) is 6.54 Å². The van der Waals surface area contributed by atoms with Gasteiger partial charge in [-0.2, -0.15) is 0 Å². The maximum Gasteiger partial charge on any atom is 0.328 e. The quantitative estimate of drug-likeness (QED) is 0.483. The minimum absolute atomic E-state index is 0.123. The van der Waals surface area contributed by atoms with Crippen molar-refractivity contribution in [2.24, 2.45) is 0 Å². The van der Waals surface area contributed by atoms with Crippen LogP contribution in [0.2, 0.25) is 0 Å². The Bertz CT molecular complexity index is 1340. The van der Waals surface area contributed by atoms with Crippen LogP contribution in [0.15, 0.2) is 47.3 Å². The maximum absolute atomic E-state index is 14.7. The number of benzene rings is 2. The Hall–Kier alpha value is -3.72. The summed E-state index contributed by atoms with van der Waals surface area (Å²) in [6.45, 7) is 5.03. The van der Waals surface area contributed by atoms with Gasteiger partial charge in [0.05, 0.1) is 6.54 Å². The summed E-state index contributed by atoms with van der Waals surface area (Å²) in [6.07, 6.45) is 1.26. The van der Waals surface area contributed by atoms with Crippen molar-refractivity contribution in [1.82, 2.24) is 24.4 Å². The summed E-state index contributed by atoms with van der Waals surface area (Å²) in [5, 5.41) is 0. The second kappa shape index (κ2) is 8.08. The van der Waals surface area contributed by atoms with Gasteiger partial charge in [-0.1, -0.05) is 18.2 Å². The first kappa shape index (κ1) is 20.2. The van der Waals surface area contributed by atoms with Crippen LogP contribution in [0.4, 0.5) is 10.2 Å². The van der Waals surface area contributed by atoms with Crippen molar-refractivity contribution in [3.05, 3.63) is 75.7 Å². The van der Waals surface area contributed by atoms with E-state index in [4.69, 9.17) is 10.5 Å². The van der Waals surface area contributed by atoms with E-state index < -0.39 is 5.82 Å². The summed E-state index contributed by atoms with van der Waals surface area (Å²) in [5.41, 5.74) is 8.06. The number of aromatic amines is 1. The van der Waals surface area contributed by atoms with Gasteiger partial charge in [-0.05, 0) is 61.8 Å². The lowest BCUT2D eigenvalue weighted by Crippen LogP contribution is -2.36. The van der Waals surface area contributed by atoms with Gasteiger partial charge in [-0.15, -0.1) is 0 Å². The van der Waals surface area contributed by atoms with E-state index in [9.17, 15) is 9.18 Å². The Kier molecular flexibility index (Phi) is 5.10. The number of fused-ring (bicyclic) bond motifs is 1. The fourth-order valence-corrected chi connectivity index (χ4v) is 3.81. The lowest BCUT2D eigenvalue weighted by molar-refractivity contribution is 0.172. The van der Waals surface area contributed by atoms with Crippen LogP contribution in [-0.2, 0) is 13.1 Å². The summed E-state index contributed by atoms with van der Waals surface area (Å²) >= 11 is 0. The number of nitrogens with one attached hydrogen (secondary N) is 1. The van der Waals surface area contributed by atoms with Gasteiger partial charge in [-0.25, -0.2) is 19.2 Å². The Balaban J connectivity index is 1.33. The Morgan fingerprint density at radius 1 is 1.09 bits per heavy atom. The zero-order valence-electron chi connectivity index (χ0n) is 17.6. The van der Waals surface area contributed by atoms with E-state index >= 15 is 0 Å². The number of aryl methyl sites for hydroxylation is 1. The molecule has 32 heavy (non-hydrogen) atoms. The normalized spacial score (nSPS) is 13.9. The van der Waals surface area contributed by atoms with Crippen LogP contribution in [0, 0.1) is 12.7 Å². The minimum atomic E-state index is -0.509. The van der Waals surface area contributed by atoms with Crippen molar-refractivity contribution in [1.29, 1.82) is 0 Å². The topological polar surface area (TPSA) is 102 Å². The van der Waals surface area contributed by atoms with Gasteiger partial charge in [0.1, 0.15) is 17.1 Å². The molecule has 4 aromatic rings. The van der Waals surface area contributed by atoms with Gasteiger partial charge in [0.15, 0.2) is 23.0 Å². The number of hydrogen-bond donors (Lipinski definition) is 2. The molecule has 0 amide bonds. The van der Waals surface area contributed by atoms with Crippen LogP contribution in [0.3, 0.4) is 0 Å². The fraction of sp³-hybridized carbons (Fsp3) is 0.261. The highest BCUT2D eigenvalue weighted by Crippen LogP contribution is 2.26. The van der Waals surface area contributed by atoms with Crippen molar-refractivity contribution in [3.8, 4) is 11.5 Å². The summed E-state index contributed by atoms with van der Waals surface area (Å²) in [4.78, 5) is 25.8. The molecule has 2 aromatic carbocycles. The summed E-state index contributed by atoms with van der Waals surface area (Å²) in [7, 11) is 0. The van der Waals surface area contributed by atoms with Gasteiger partial charge in [-0.3, -0.25) is 9.47 Å². The Morgan fingerprint density at radius 2 is 1.84 bits per heavy atom. The Morgan fingerprint density at radius 3 is 2.53 bits per heavy atom. The molecule has 1 aliphatic heterocycles. The van der Waals surface area contributed by atoms with E-state index in [1.54, 1.807) is 19.1 Å². The van der Waals surface area contributed by atoms with E-state index in [2.05, 4.69) is 19.9 Å². The molecule has 1 fully saturated rings. The van der Waals surface area contributed by atoms with Gasteiger partial charge < -0.3 is 15.5 Å². The van der Waals surface area contributed by atoms with Crippen LogP contribution in [0.5, 0.6) is 11.5 Å². The number of aromatic nitrogens is 4. The van der Waals surface area contributed by atoms with Crippen LogP contribution in [0.1, 0.15) is 23.4 Å². The van der Waals surface area contributed by atoms with Gasteiger partial charge in [0.25, 0.3) is 0 Å². The van der Waals surface area contributed by atoms with E-state index in [1.165, 1.54) is 22.6 Å². The number of hydrogen-bond acceptors (Lipinski definition) is 6. The highest BCUT2D eigenvalue weighted by molar-refractivity contribution is 5.81. The predicted octanol–water partition coefficient (Wildman–Crippen LogP) is 3.20. The van der Waals surface area contributed by atoms with Crippen molar-refractivity contribution >= 4 is 17.0 Å². The predicted molar refractivity (Wildman–Crippen MR) is 119 cm³/mol. The van der Waals surface area contributed by atoms with Crippen LogP contribution in [0.25, 0.3) is 11.2 Å². The molecular weight excluding hydrogens is 411 g/mol. The number of anilines is 1. The number of imidazole rings is 1. The second-order valence-electron chi connectivity index (χ2n) is 8.01. The zero-order chi connectivity index (χ0) is 22.2.